The minimum Gasteiger partial charge on any atom is -0.497 e. The fraction of sp³-hybridized carbons (Fsp3) is 0.471. The van der Waals surface area contributed by atoms with Crippen molar-refractivity contribution in [2.24, 2.45) is 5.92 Å². The molecular weight excluding hydrogens is 268 g/mol. The van der Waals surface area contributed by atoms with Gasteiger partial charge in [-0.2, -0.15) is 0 Å². The van der Waals surface area contributed by atoms with E-state index in [4.69, 9.17) is 14.2 Å². The summed E-state index contributed by atoms with van der Waals surface area (Å²) < 4.78 is 15.8. The van der Waals surface area contributed by atoms with Crippen molar-refractivity contribution in [2.45, 2.75) is 26.4 Å². The summed E-state index contributed by atoms with van der Waals surface area (Å²) in [5.41, 5.74) is 1.08. The van der Waals surface area contributed by atoms with E-state index in [9.17, 15) is 4.79 Å². The molecule has 1 aromatic carbocycles. The van der Waals surface area contributed by atoms with Gasteiger partial charge in [-0.15, -0.1) is 6.58 Å². The van der Waals surface area contributed by atoms with Crippen molar-refractivity contribution >= 4 is 5.97 Å². The molecule has 0 bridgehead atoms. The predicted molar refractivity (Wildman–Crippen MR) is 82.2 cm³/mol. The van der Waals surface area contributed by atoms with Crippen molar-refractivity contribution in [1.29, 1.82) is 0 Å². The first-order chi connectivity index (χ1) is 10.2. The number of carbonyl (C=O) groups excluding carboxylic acids is 1. The second-order valence-corrected chi connectivity index (χ2v) is 4.66. The lowest BCUT2D eigenvalue weighted by Gasteiger charge is -2.13. The van der Waals surface area contributed by atoms with E-state index in [1.54, 1.807) is 13.2 Å². The Hall–Kier alpha value is -1.81. The van der Waals surface area contributed by atoms with E-state index in [2.05, 4.69) is 6.58 Å². The van der Waals surface area contributed by atoms with Crippen LogP contribution in [0.2, 0.25) is 0 Å². The molecule has 21 heavy (non-hydrogen) atoms. The van der Waals surface area contributed by atoms with Crippen molar-refractivity contribution in [3.63, 3.8) is 0 Å². The van der Waals surface area contributed by atoms with Crippen LogP contribution in [0.3, 0.4) is 0 Å². The summed E-state index contributed by atoms with van der Waals surface area (Å²) in [5.74, 6) is 0.482. The first-order valence-electron chi connectivity index (χ1n) is 7.19. The molecule has 1 unspecified atom stereocenters. The lowest BCUT2D eigenvalue weighted by molar-refractivity contribution is -0.148. The molecule has 116 valence electrons. The third-order valence-electron chi connectivity index (χ3n) is 3.11. The van der Waals surface area contributed by atoms with E-state index in [0.29, 0.717) is 32.7 Å². The number of ether oxygens (including phenoxy) is 3. The van der Waals surface area contributed by atoms with Gasteiger partial charge in [0.2, 0.25) is 0 Å². The summed E-state index contributed by atoms with van der Waals surface area (Å²) in [6.45, 7) is 6.92. The van der Waals surface area contributed by atoms with Crippen molar-refractivity contribution in [3.8, 4) is 5.75 Å². The van der Waals surface area contributed by atoms with E-state index in [1.807, 2.05) is 31.2 Å². The standard InChI is InChI=1S/C17H24O4/c1-4-6-15(17(18)21-5-2)11-12-20-13-14-7-9-16(19-3)10-8-14/h4,7-10,15H,1,5-6,11-13H2,2-3H3. The van der Waals surface area contributed by atoms with Crippen LogP contribution in [0.4, 0.5) is 0 Å². The molecule has 0 aromatic heterocycles. The number of carbonyl (C=O) groups is 1. The maximum atomic E-state index is 11.7. The minimum absolute atomic E-state index is 0.168. The summed E-state index contributed by atoms with van der Waals surface area (Å²) in [7, 11) is 1.64. The highest BCUT2D eigenvalue weighted by Crippen LogP contribution is 2.14. The third-order valence-corrected chi connectivity index (χ3v) is 3.11. The Balaban J connectivity index is 2.32. The van der Waals surface area contributed by atoms with Crippen LogP contribution in [0.5, 0.6) is 5.75 Å². The average Bonchev–Trinajstić information content (AvgIpc) is 2.51. The first kappa shape index (κ1) is 17.2. The molecule has 0 heterocycles. The van der Waals surface area contributed by atoms with E-state index in [-0.39, 0.29) is 11.9 Å². The van der Waals surface area contributed by atoms with Crippen LogP contribution in [-0.2, 0) is 20.9 Å². The summed E-state index contributed by atoms with van der Waals surface area (Å²) >= 11 is 0. The molecule has 1 rings (SSSR count). The van der Waals surface area contributed by atoms with Crippen molar-refractivity contribution in [3.05, 3.63) is 42.5 Å². The van der Waals surface area contributed by atoms with Crippen molar-refractivity contribution in [2.75, 3.05) is 20.3 Å². The molecule has 0 spiro atoms. The van der Waals surface area contributed by atoms with Gasteiger partial charge in [0.1, 0.15) is 5.75 Å². The zero-order chi connectivity index (χ0) is 15.5. The molecule has 0 saturated carbocycles. The highest BCUT2D eigenvalue weighted by atomic mass is 16.5. The molecule has 0 saturated heterocycles. The number of allylic oxidation sites excluding steroid dienone is 1. The summed E-state index contributed by atoms with van der Waals surface area (Å²) in [5, 5.41) is 0. The van der Waals surface area contributed by atoms with E-state index >= 15 is 0 Å². The largest absolute Gasteiger partial charge is 0.497 e. The predicted octanol–water partition coefficient (Wildman–Crippen LogP) is 3.36. The molecular formula is C17H24O4. The Kier molecular flexibility index (Phi) is 8.21. The SMILES string of the molecule is C=CCC(CCOCc1ccc(OC)cc1)C(=O)OCC. The maximum Gasteiger partial charge on any atom is 0.309 e. The number of hydrogen-bond acceptors (Lipinski definition) is 4. The molecule has 0 fully saturated rings. The lowest BCUT2D eigenvalue weighted by Crippen LogP contribution is -2.19. The Morgan fingerprint density at radius 1 is 1.33 bits per heavy atom. The summed E-state index contributed by atoms with van der Waals surface area (Å²) in [6, 6.07) is 7.73. The van der Waals surface area contributed by atoms with Gasteiger partial charge in [-0.05, 0) is 37.5 Å². The van der Waals surface area contributed by atoms with Gasteiger partial charge in [-0.25, -0.2) is 0 Å². The van der Waals surface area contributed by atoms with Gasteiger partial charge in [-0.3, -0.25) is 4.79 Å². The Bertz CT molecular complexity index is 425. The van der Waals surface area contributed by atoms with E-state index in [0.717, 1.165) is 11.3 Å². The highest BCUT2D eigenvalue weighted by molar-refractivity contribution is 5.72. The van der Waals surface area contributed by atoms with Gasteiger partial charge in [0.05, 0.1) is 26.2 Å². The topological polar surface area (TPSA) is 44.8 Å². The fourth-order valence-corrected chi connectivity index (χ4v) is 1.93. The highest BCUT2D eigenvalue weighted by Gasteiger charge is 2.17. The van der Waals surface area contributed by atoms with Crippen LogP contribution < -0.4 is 4.74 Å². The zero-order valence-corrected chi connectivity index (χ0v) is 12.8. The number of rotatable bonds is 10. The second kappa shape index (κ2) is 10.00. The second-order valence-electron chi connectivity index (χ2n) is 4.66. The molecule has 0 amide bonds. The molecule has 1 aromatic rings. The Morgan fingerprint density at radius 2 is 2.05 bits per heavy atom. The quantitative estimate of drug-likeness (QED) is 0.377. The molecule has 0 N–H and O–H groups in total. The Labute approximate surface area is 126 Å². The van der Waals surface area contributed by atoms with Crippen LogP contribution in [0, 0.1) is 5.92 Å². The molecule has 1 atom stereocenters. The van der Waals surface area contributed by atoms with Gasteiger partial charge in [0.15, 0.2) is 0 Å². The molecule has 0 aliphatic heterocycles. The smallest absolute Gasteiger partial charge is 0.309 e. The van der Waals surface area contributed by atoms with Crippen LogP contribution >= 0.6 is 0 Å². The first-order valence-corrected chi connectivity index (χ1v) is 7.19. The van der Waals surface area contributed by atoms with Gasteiger partial charge in [-0.1, -0.05) is 18.2 Å². The molecule has 0 aliphatic rings. The van der Waals surface area contributed by atoms with E-state index in [1.165, 1.54) is 0 Å². The van der Waals surface area contributed by atoms with Gasteiger partial charge >= 0.3 is 5.97 Å². The van der Waals surface area contributed by atoms with Gasteiger partial charge in [0, 0.05) is 6.61 Å². The maximum absolute atomic E-state index is 11.7. The fourth-order valence-electron chi connectivity index (χ4n) is 1.93. The normalized spacial score (nSPS) is 11.7. The number of benzene rings is 1. The minimum atomic E-state index is -0.176. The number of esters is 1. The van der Waals surface area contributed by atoms with Crippen LogP contribution in [-0.4, -0.2) is 26.3 Å². The van der Waals surface area contributed by atoms with Crippen LogP contribution in [0.25, 0.3) is 0 Å². The van der Waals surface area contributed by atoms with Gasteiger partial charge in [0.25, 0.3) is 0 Å². The summed E-state index contributed by atoms with van der Waals surface area (Å²) in [6.07, 6.45) is 3.00. The number of hydrogen-bond donors (Lipinski definition) is 0. The molecule has 0 radical (unpaired) electrons. The van der Waals surface area contributed by atoms with Crippen molar-refractivity contribution < 1.29 is 19.0 Å². The van der Waals surface area contributed by atoms with Gasteiger partial charge < -0.3 is 14.2 Å². The third kappa shape index (κ3) is 6.45. The Morgan fingerprint density at radius 3 is 2.62 bits per heavy atom. The van der Waals surface area contributed by atoms with Crippen molar-refractivity contribution in [1.82, 2.24) is 0 Å². The molecule has 0 aliphatic carbocycles. The monoisotopic (exact) mass is 292 g/mol. The van der Waals surface area contributed by atoms with E-state index < -0.39 is 0 Å². The lowest BCUT2D eigenvalue weighted by atomic mass is 10.0. The van der Waals surface area contributed by atoms with Crippen LogP contribution in [0.15, 0.2) is 36.9 Å². The average molecular weight is 292 g/mol. The number of methoxy groups -OCH3 is 1. The molecule has 4 heteroatoms. The zero-order valence-electron chi connectivity index (χ0n) is 12.8. The van der Waals surface area contributed by atoms with Crippen LogP contribution in [0.1, 0.15) is 25.3 Å². The summed E-state index contributed by atoms with van der Waals surface area (Å²) in [4.78, 5) is 11.7. The molecule has 4 nitrogen and oxygen atoms in total.